The van der Waals surface area contributed by atoms with Gasteiger partial charge in [0.2, 0.25) is 0 Å². The summed E-state index contributed by atoms with van der Waals surface area (Å²) in [5, 5.41) is 8.83. The molecule has 0 amide bonds. The Hall–Kier alpha value is -1.59. The molecular formula is C12H14N2. The van der Waals surface area contributed by atoms with E-state index in [4.69, 9.17) is 5.26 Å². The molecule has 0 aliphatic carbocycles. The van der Waals surface area contributed by atoms with Crippen molar-refractivity contribution in [3.05, 3.63) is 42.0 Å². The molecule has 0 spiro atoms. The van der Waals surface area contributed by atoms with Gasteiger partial charge in [0.1, 0.15) is 6.04 Å². The lowest BCUT2D eigenvalue weighted by Crippen LogP contribution is -2.23. The molecular weight excluding hydrogens is 172 g/mol. The predicted octanol–water partition coefficient (Wildman–Crippen LogP) is 2.15. The summed E-state index contributed by atoms with van der Waals surface area (Å²) in [5.41, 5.74) is 1.12. The van der Waals surface area contributed by atoms with Crippen molar-refractivity contribution < 1.29 is 0 Å². The van der Waals surface area contributed by atoms with E-state index in [1.165, 1.54) is 0 Å². The second kappa shape index (κ2) is 5.21. The Kier molecular flexibility index (Phi) is 3.90. The molecule has 1 atom stereocenters. The van der Waals surface area contributed by atoms with E-state index in [2.05, 4.69) is 6.07 Å². The van der Waals surface area contributed by atoms with E-state index in [0.29, 0.717) is 0 Å². The summed E-state index contributed by atoms with van der Waals surface area (Å²) in [6, 6.07) is 12.0. The zero-order valence-corrected chi connectivity index (χ0v) is 8.51. The second-order valence-corrected chi connectivity index (χ2v) is 3.31. The van der Waals surface area contributed by atoms with Crippen LogP contribution < -0.4 is 0 Å². The predicted molar refractivity (Wildman–Crippen MR) is 58.6 cm³/mol. The van der Waals surface area contributed by atoms with Crippen molar-refractivity contribution in [3.63, 3.8) is 0 Å². The minimum atomic E-state index is -0.157. The van der Waals surface area contributed by atoms with Crippen LogP contribution in [0.25, 0.3) is 6.08 Å². The number of nitriles is 1. The Balaban J connectivity index is 2.69. The number of rotatable bonds is 3. The molecule has 1 aromatic rings. The van der Waals surface area contributed by atoms with Crippen LogP contribution in [-0.2, 0) is 0 Å². The fourth-order valence-corrected chi connectivity index (χ4v) is 1.10. The topological polar surface area (TPSA) is 27.0 Å². The van der Waals surface area contributed by atoms with Crippen LogP contribution in [0.2, 0.25) is 0 Å². The maximum atomic E-state index is 8.83. The molecule has 14 heavy (non-hydrogen) atoms. The van der Waals surface area contributed by atoms with Crippen molar-refractivity contribution in [2.24, 2.45) is 0 Å². The highest BCUT2D eigenvalue weighted by Crippen LogP contribution is 2.03. The number of nitrogens with zero attached hydrogens (tertiary/aromatic N) is 2. The normalized spacial score (nSPS) is 13.0. The lowest BCUT2D eigenvalue weighted by atomic mass is 10.2. The van der Waals surface area contributed by atoms with Gasteiger partial charge in [-0.05, 0) is 19.7 Å². The average molecular weight is 186 g/mol. The highest BCUT2D eigenvalue weighted by Gasteiger charge is 2.03. The van der Waals surface area contributed by atoms with Crippen molar-refractivity contribution in [3.8, 4) is 6.07 Å². The van der Waals surface area contributed by atoms with Crippen molar-refractivity contribution in [2.45, 2.75) is 6.04 Å². The van der Waals surface area contributed by atoms with Gasteiger partial charge in [-0.25, -0.2) is 0 Å². The van der Waals surface area contributed by atoms with E-state index in [9.17, 15) is 0 Å². The first kappa shape index (κ1) is 10.5. The molecule has 0 aliphatic heterocycles. The van der Waals surface area contributed by atoms with E-state index < -0.39 is 0 Å². The smallest absolute Gasteiger partial charge is 0.116 e. The summed E-state index contributed by atoms with van der Waals surface area (Å²) in [6.07, 6.45) is 3.86. The summed E-state index contributed by atoms with van der Waals surface area (Å²) in [5.74, 6) is 0. The Bertz CT molecular complexity index is 333. The Morgan fingerprint density at radius 2 is 1.93 bits per heavy atom. The summed E-state index contributed by atoms with van der Waals surface area (Å²) >= 11 is 0. The monoisotopic (exact) mass is 186 g/mol. The van der Waals surface area contributed by atoms with Gasteiger partial charge in [-0.15, -0.1) is 0 Å². The summed E-state index contributed by atoms with van der Waals surface area (Å²) in [6.45, 7) is 0. The first-order chi connectivity index (χ1) is 6.74. The maximum absolute atomic E-state index is 8.83. The van der Waals surface area contributed by atoms with Crippen LogP contribution in [0.4, 0.5) is 0 Å². The molecule has 0 heterocycles. The number of hydrogen-bond acceptors (Lipinski definition) is 2. The zero-order chi connectivity index (χ0) is 10.4. The Labute approximate surface area is 85.1 Å². The highest BCUT2D eigenvalue weighted by atomic mass is 15.1. The molecule has 0 aromatic heterocycles. The molecule has 0 bridgehead atoms. The van der Waals surface area contributed by atoms with Gasteiger partial charge >= 0.3 is 0 Å². The minimum absolute atomic E-state index is 0.157. The van der Waals surface area contributed by atoms with Gasteiger partial charge in [0.25, 0.3) is 0 Å². The van der Waals surface area contributed by atoms with Crippen LogP contribution in [0.5, 0.6) is 0 Å². The lowest BCUT2D eigenvalue weighted by Gasteiger charge is -2.12. The van der Waals surface area contributed by atoms with Gasteiger partial charge in [0, 0.05) is 0 Å². The lowest BCUT2D eigenvalue weighted by molar-refractivity contribution is 0.399. The number of hydrogen-bond donors (Lipinski definition) is 0. The molecule has 72 valence electrons. The second-order valence-electron chi connectivity index (χ2n) is 3.31. The first-order valence-corrected chi connectivity index (χ1v) is 4.53. The van der Waals surface area contributed by atoms with Crippen molar-refractivity contribution in [2.75, 3.05) is 14.1 Å². The molecule has 2 nitrogen and oxygen atoms in total. The van der Waals surface area contributed by atoms with E-state index >= 15 is 0 Å². The third kappa shape index (κ3) is 3.04. The maximum Gasteiger partial charge on any atom is 0.116 e. The minimum Gasteiger partial charge on any atom is -0.291 e. The van der Waals surface area contributed by atoms with Gasteiger partial charge in [-0.3, -0.25) is 4.90 Å². The average Bonchev–Trinajstić information content (AvgIpc) is 2.20. The molecule has 0 radical (unpaired) electrons. The zero-order valence-electron chi connectivity index (χ0n) is 8.51. The largest absolute Gasteiger partial charge is 0.291 e. The summed E-state index contributed by atoms with van der Waals surface area (Å²) < 4.78 is 0. The number of benzene rings is 1. The molecule has 0 saturated carbocycles. The van der Waals surface area contributed by atoms with Crippen LogP contribution >= 0.6 is 0 Å². The Morgan fingerprint density at radius 3 is 2.43 bits per heavy atom. The quantitative estimate of drug-likeness (QED) is 0.723. The molecule has 0 fully saturated rings. The van der Waals surface area contributed by atoms with Gasteiger partial charge in [0.15, 0.2) is 0 Å². The van der Waals surface area contributed by atoms with E-state index in [0.717, 1.165) is 5.56 Å². The SMILES string of the molecule is CN(C)C(C#N)/C=C/c1ccccc1. The molecule has 2 heteroatoms. The van der Waals surface area contributed by atoms with Gasteiger partial charge in [0.05, 0.1) is 6.07 Å². The van der Waals surface area contributed by atoms with E-state index in [1.54, 1.807) is 0 Å². The van der Waals surface area contributed by atoms with Crippen LogP contribution in [0.15, 0.2) is 36.4 Å². The van der Waals surface area contributed by atoms with Crippen LogP contribution in [0.1, 0.15) is 5.56 Å². The molecule has 1 rings (SSSR count). The van der Waals surface area contributed by atoms with Gasteiger partial charge < -0.3 is 0 Å². The van der Waals surface area contributed by atoms with E-state index in [-0.39, 0.29) is 6.04 Å². The summed E-state index contributed by atoms with van der Waals surface area (Å²) in [7, 11) is 3.78. The highest BCUT2D eigenvalue weighted by molar-refractivity contribution is 5.50. The molecule has 0 aliphatic rings. The van der Waals surface area contributed by atoms with E-state index in [1.807, 2.05) is 61.5 Å². The third-order valence-electron chi connectivity index (χ3n) is 1.96. The van der Waals surface area contributed by atoms with Crippen LogP contribution in [-0.4, -0.2) is 25.0 Å². The molecule has 0 saturated heterocycles. The van der Waals surface area contributed by atoms with Gasteiger partial charge in [-0.1, -0.05) is 42.5 Å². The van der Waals surface area contributed by atoms with Gasteiger partial charge in [-0.2, -0.15) is 5.26 Å². The fourth-order valence-electron chi connectivity index (χ4n) is 1.10. The molecule has 0 N–H and O–H groups in total. The fraction of sp³-hybridized carbons (Fsp3) is 0.250. The van der Waals surface area contributed by atoms with Crippen LogP contribution in [0.3, 0.4) is 0 Å². The Morgan fingerprint density at radius 1 is 1.29 bits per heavy atom. The summed E-state index contributed by atoms with van der Waals surface area (Å²) in [4.78, 5) is 1.87. The third-order valence-corrected chi connectivity index (χ3v) is 1.96. The van der Waals surface area contributed by atoms with Crippen molar-refractivity contribution >= 4 is 6.08 Å². The molecule has 1 unspecified atom stereocenters. The number of likely N-dealkylation sites (N-methyl/N-ethyl adjacent to an activating group) is 1. The van der Waals surface area contributed by atoms with Crippen LogP contribution in [0, 0.1) is 11.3 Å². The van der Waals surface area contributed by atoms with Crippen molar-refractivity contribution in [1.82, 2.24) is 4.90 Å². The first-order valence-electron chi connectivity index (χ1n) is 4.53. The standard InChI is InChI=1S/C12H14N2/c1-14(2)12(10-13)9-8-11-6-4-3-5-7-11/h3-9,12H,1-2H3/b9-8+. The molecule has 1 aromatic carbocycles. The van der Waals surface area contributed by atoms with Crippen molar-refractivity contribution in [1.29, 1.82) is 5.26 Å².